The Labute approximate surface area is 106 Å². The van der Waals surface area contributed by atoms with Gasteiger partial charge in [-0.05, 0) is 11.1 Å². The molecule has 1 N–H and O–H groups in total. The summed E-state index contributed by atoms with van der Waals surface area (Å²) in [6.45, 7) is 3.57. The summed E-state index contributed by atoms with van der Waals surface area (Å²) in [4.78, 5) is 0. The molecule has 0 aromatic heterocycles. The minimum atomic E-state index is -3.92. The first-order chi connectivity index (χ1) is 6.01. The van der Waals surface area contributed by atoms with Gasteiger partial charge in [-0.3, -0.25) is 4.55 Å². The van der Waals surface area contributed by atoms with E-state index in [0.717, 1.165) is 5.56 Å². The van der Waals surface area contributed by atoms with Gasteiger partial charge in [-0.15, -0.1) is 0 Å². The molecule has 0 heterocycles. The SMILES string of the molecule is C=Cc1ccc(CS(=O)(=O)O)cc1.[NaH]. The summed E-state index contributed by atoms with van der Waals surface area (Å²) in [6.07, 6.45) is 1.66. The summed E-state index contributed by atoms with van der Waals surface area (Å²) >= 11 is 0. The topological polar surface area (TPSA) is 54.4 Å². The van der Waals surface area contributed by atoms with E-state index in [1.165, 1.54) is 0 Å². The van der Waals surface area contributed by atoms with Crippen LogP contribution in [-0.4, -0.2) is 42.5 Å². The predicted octanol–water partition coefficient (Wildman–Crippen LogP) is 1.07. The molecule has 0 atom stereocenters. The molecule has 0 bridgehead atoms. The van der Waals surface area contributed by atoms with Crippen molar-refractivity contribution < 1.29 is 13.0 Å². The summed E-state index contributed by atoms with van der Waals surface area (Å²) in [5, 5.41) is 0. The molecule has 0 saturated carbocycles. The standard InChI is InChI=1S/C9H10O3S.Na.H/c1-2-8-3-5-9(6-4-8)7-13(10,11)12;;/h2-6H,1,7H2,(H,10,11,12);;. The summed E-state index contributed by atoms with van der Waals surface area (Å²) in [6, 6.07) is 6.77. The van der Waals surface area contributed by atoms with Crippen molar-refractivity contribution in [1.29, 1.82) is 0 Å². The Morgan fingerprint density at radius 3 is 2.14 bits per heavy atom. The molecule has 1 aromatic carbocycles. The molecule has 3 nitrogen and oxygen atoms in total. The van der Waals surface area contributed by atoms with E-state index in [1.807, 2.05) is 0 Å². The van der Waals surface area contributed by atoms with E-state index < -0.39 is 10.1 Å². The molecule has 0 amide bonds. The first kappa shape index (κ1) is 13.9. The van der Waals surface area contributed by atoms with Crippen molar-refractivity contribution in [3.63, 3.8) is 0 Å². The normalized spacial score (nSPS) is 10.4. The second-order valence-corrected chi connectivity index (χ2v) is 4.12. The Bertz CT molecular complexity index is 395. The zero-order valence-corrected chi connectivity index (χ0v) is 7.79. The molecule has 1 aromatic rings. The van der Waals surface area contributed by atoms with Crippen LogP contribution in [0.3, 0.4) is 0 Å². The summed E-state index contributed by atoms with van der Waals surface area (Å²) < 4.78 is 29.5. The summed E-state index contributed by atoms with van der Waals surface area (Å²) in [7, 11) is -3.92. The average Bonchev–Trinajstić information content (AvgIpc) is 2.03. The zero-order valence-electron chi connectivity index (χ0n) is 6.97. The molecule has 14 heavy (non-hydrogen) atoms. The van der Waals surface area contributed by atoms with E-state index >= 15 is 0 Å². The van der Waals surface area contributed by atoms with Crippen LogP contribution < -0.4 is 0 Å². The van der Waals surface area contributed by atoms with Crippen LogP contribution in [0.25, 0.3) is 6.08 Å². The average molecular weight is 222 g/mol. The Kier molecular flexibility index (Phi) is 5.63. The van der Waals surface area contributed by atoms with Gasteiger partial charge in [0.25, 0.3) is 10.1 Å². The quantitative estimate of drug-likeness (QED) is 0.614. The molecular formula is C9H11NaO3S. The fourth-order valence-corrected chi connectivity index (χ4v) is 1.57. The Morgan fingerprint density at radius 2 is 1.79 bits per heavy atom. The predicted molar refractivity (Wildman–Crippen MR) is 58.9 cm³/mol. The number of hydrogen-bond acceptors (Lipinski definition) is 2. The van der Waals surface area contributed by atoms with Crippen LogP contribution in [0.15, 0.2) is 30.8 Å². The Morgan fingerprint density at radius 1 is 1.29 bits per heavy atom. The van der Waals surface area contributed by atoms with Crippen molar-refractivity contribution in [3.05, 3.63) is 42.0 Å². The number of benzene rings is 1. The van der Waals surface area contributed by atoms with E-state index in [4.69, 9.17) is 4.55 Å². The van der Waals surface area contributed by atoms with Gasteiger partial charge in [-0.2, -0.15) is 8.42 Å². The molecule has 0 aliphatic carbocycles. The van der Waals surface area contributed by atoms with Crippen LogP contribution >= 0.6 is 0 Å². The molecule has 1 rings (SSSR count). The van der Waals surface area contributed by atoms with Gasteiger partial charge in [0, 0.05) is 0 Å². The van der Waals surface area contributed by atoms with Crippen molar-refractivity contribution in [2.75, 3.05) is 0 Å². The van der Waals surface area contributed by atoms with Crippen molar-refractivity contribution >= 4 is 45.8 Å². The Hall–Kier alpha value is -0.130. The third-order valence-electron chi connectivity index (χ3n) is 1.56. The van der Waals surface area contributed by atoms with Crippen LogP contribution in [-0.2, 0) is 15.9 Å². The maximum absolute atomic E-state index is 10.5. The van der Waals surface area contributed by atoms with Gasteiger partial charge in [0.05, 0.1) is 0 Å². The van der Waals surface area contributed by atoms with Gasteiger partial charge in [0.15, 0.2) is 0 Å². The molecule has 0 spiro atoms. The molecule has 0 saturated heterocycles. The van der Waals surface area contributed by atoms with Crippen LogP contribution in [0, 0.1) is 0 Å². The zero-order chi connectivity index (χ0) is 9.90. The number of rotatable bonds is 3. The maximum atomic E-state index is 10.5. The van der Waals surface area contributed by atoms with Crippen molar-refractivity contribution in [2.45, 2.75) is 5.75 Å². The van der Waals surface area contributed by atoms with E-state index in [0.29, 0.717) is 5.56 Å². The van der Waals surface area contributed by atoms with E-state index in [9.17, 15) is 8.42 Å². The van der Waals surface area contributed by atoms with Crippen LogP contribution in [0.2, 0.25) is 0 Å². The molecule has 0 radical (unpaired) electrons. The first-order valence-electron chi connectivity index (χ1n) is 3.68. The minimum absolute atomic E-state index is 0. The molecule has 72 valence electrons. The first-order valence-corrected chi connectivity index (χ1v) is 5.29. The van der Waals surface area contributed by atoms with E-state index in [-0.39, 0.29) is 35.3 Å². The molecular weight excluding hydrogens is 211 g/mol. The molecule has 0 unspecified atom stereocenters. The van der Waals surface area contributed by atoms with Gasteiger partial charge in [0.1, 0.15) is 5.75 Å². The second-order valence-electron chi connectivity index (χ2n) is 2.67. The fourth-order valence-electron chi connectivity index (χ4n) is 0.961. The molecule has 0 aliphatic heterocycles. The molecule has 0 fully saturated rings. The van der Waals surface area contributed by atoms with Gasteiger partial charge < -0.3 is 0 Å². The van der Waals surface area contributed by atoms with Crippen LogP contribution in [0.4, 0.5) is 0 Å². The summed E-state index contributed by atoms with van der Waals surface area (Å²) in [5.74, 6) is -0.343. The van der Waals surface area contributed by atoms with Crippen molar-refractivity contribution in [1.82, 2.24) is 0 Å². The van der Waals surface area contributed by atoms with Gasteiger partial charge >= 0.3 is 29.6 Å². The van der Waals surface area contributed by atoms with Crippen molar-refractivity contribution in [3.8, 4) is 0 Å². The van der Waals surface area contributed by atoms with Crippen LogP contribution in [0.1, 0.15) is 11.1 Å². The third kappa shape index (κ3) is 4.93. The summed E-state index contributed by atoms with van der Waals surface area (Å²) in [5.41, 5.74) is 1.48. The second kappa shape index (κ2) is 5.68. The third-order valence-corrected chi connectivity index (χ3v) is 2.26. The molecule has 0 aliphatic rings. The monoisotopic (exact) mass is 222 g/mol. The van der Waals surface area contributed by atoms with E-state index in [2.05, 4.69) is 6.58 Å². The van der Waals surface area contributed by atoms with Gasteiger partial charge in [-0.25, -0.2) is 0 Å². The Balaban J connectivity index is 0.00000169. The van der Waals surface area contributed by atoms with E-state index in [1.54, 1.807) is 30.3 Å². The number of hydrogen-bond donors (Lipinski definition) is 1. The van der Waals surface area contributed by atoms with Crippen LogP contribution in [0.5, 0.6) is 0 Å². The van der Waals surface area contributed by atoms with Gasteiger partial charge in [0.2, 0.25) is 0 Å². The molecule has 5 heteroatoms. The van der Waals surface area contributed by atoms with Crippen molar-refractivity contribution in [2.24, 2.45) is 0 Å². The van der Waals surface area contributed by atoms with Gasteiger partial charge in [-0.1, -0.05) is 36.9 Å². The fraction of sp³-hybridized carbons (Fsp3) is 0.111.